The molecule has 1 N–H and O–H groups in total. The van der Waals surface area contributed by atoms with Crippen molar-refractivity contribution in [1.29, 1.82) is 0 Å². The Morgan fingerprint density at radius 2 is 2.30 bits per heavy atom. The van der Waals surface area contributed by atoms with Gasteiger partial charge in [-0.15, -0.1) is 11.8 Å². The van der Waals surface area contributed by atoms with E-state index in [1.165, 1.54) is 0 Å². The first-order valence-electron chi connectivity index (χ1n) is 5.81. The van der Waals surface area contributed by atoms with Crippen molar-refractivity contribution in [2.45, 2.75) is 11.4 Å². The first-order valence-corrected chi connectivity index (χ1v) is 8.20. The van der Waals surface area contributed by atoms with Crippen molar-refractivity contribution in [3.63, 3.8) is 0 Å². The third-order valence-corrected chi connectivity index (χ3v) is 4.56. The van der Waals surface area contributed by atoms with Gasteiger partial charge in [-0.1, -0.05) is 11.6 Å². The van der Waals surface area contributed by atoms with Gasteiger partial charge in [0, 0.05) is 11.9 Å². The Balaban J connectivity index is 2.13. The summed E-state index contributed by atoms with van der Waals surface area (Å²) in [6.45, 7) is 0.385. The van der Waals surface area contributed by atoms with Gasteiger partial charge < -0.3 is 5.32 Å². The lowest BCUT2D eigenvalue weighted by Gasteiger charge is -2.09. The van der Waals surface area contributed by atoms with E-state index in [9.17, 15) is 4.79 Å². The molecule has 1 amide bonds. The second-order valence-electron chi connectivity index (χ2n) is 4.09. The van der Waals surface area contributed by atoms with Crippen LogP contribution in [0.5, 0.6) is 0 Å². The van der Waals surface area contributed by atoms with Crippen LogP contribution in [0.25, 0.3) is 0 Å². The van der Waals surface area contributed by atoms with Crippen molar-refractivity contribution < 1.29 is 4.79 Å². The van der Waals surface area contributed by atoms with Crippen molar-refractivity contribution in [2.75, 3.05) is 6.26 Å². The SMILES string of the molecule is CSc1ccc(Cl)c(C(=O)NCc2c(Br)cnn2C)c1. The molecule has 0 aliphatic heterocycles. The molecule has 1 aromatic heterocycles. The number of amides is 1. The summed E-state index contributed by atoms with van der Waals surface area (Å²) in [5.74, 6) is -0.195. The maximum atomic E-state index is 12.2. The van der Waals surface area contributed by atoms with E-state index in [0.717, 1.165) is 15.1 Å². The average Bonchev–Trinajstić information content (AvgIpc) is 2.76. The fourth-order valence-electron chi connectivity index (χ4n) is 1.70. The number of carbonyl (C=O) groups excluding carboxylic acids is 1. The molecule has 1 heterocycles. The highest BCUT2D eigenvalue weighted by atomic mass is 79.9. The van der Waals surface area contributed by atoms with Crippen molar-refractivity contribution in [2.24, 2.45) is 7.05 Å². The smallest absolute Gasteiger partial charge is 0.253 e. The number of rotatable bonds is 4. The fraction of sp³-hybridized carbons (Fsp3) is 0.231. The molecule has 20 heavy (non-hydrogen) atoms. The lowest BCUT2D eigenvalue weighted by molar-refractivity contribution is 0.0950. The quantitative estimate of drug-likeness (QED) is 0.833. The first-order chi connectivity index (χ1) is 9.52. The maximum absolute atomic E-state index is 12.2. The minimum absolute atomic E-state index is 0.195. The van der Waals surface area contributed by atoms with E-state index in [-0.39, 0.29) is 5.91 Å². The van der Waals surface area contributed by atoms with Gasteiger partial charge in [-0.2, -0.15) is 5.10 Å². The van der Waals surface area contributed by atoms with E-state index in [4.69, 9.17) is 11.6 Å². The van der Waals surface area contributed by atoms with Crippen LogP contribution in [0.15, 0.2) is 33.8 Å². The number of benzene rings is 1. The molecular formula is C13H13BrClN3OS. The molecule has 0 atom stereocenters. The highest BCUT2D eigenvalue weighted by Gasteiger charge is 2.13. The number of thioether (sulfide) groups is 1. The molecule has 0 fully saturated rings. The van der Waals surface area contributed by atoms with Gasteiger partial charge in [-0.25, -0.2) is 0 Å². The van der Waals surface area contributed by atoms with Crippen molar-refractivity contribution in [3.05, 3.63) is 45.1 Å². The Kier molecular flexibility index (Phi) is 5.12. The average molecular weight is 375 g/mol. The van der Waals surface area contributed by atoms with E-state index in [1.54, 1.807) is 34.8 Å². The monoisotopic (exact) mass is 373 g/mol. The molecule has 0 bridgehead atoms. The van der Waals surface area contributed by atoms with Crippen LogP contribution in [0.2, 0.25) is 5.02 Å². The van der Waals surface area contributed by atoms with E-state index in [0.29, 0.717) is 17.1 Å². The van der Waals surface area contributed by atoms with Crippen molar-refractivity contribution >= 4 is 45.2 Å². The van der Waals surface area contributed by atoms with E-state index >= 15 is 0 Å². The molecule has 0 saturated heterocycles. The van der Waals surface area contributed by atoms with Crippen LogP contribution >= 0.6 is 39.3 Å². The molecule has 106 valence electrons. The number of nitrogens with one attached hydrogen (secondary N) is 1. The molecule has 0 radical (unpaired) electrons. The number of hydrogen-bond acceptors (Lipinski definition) is 3. The summed E-state index contributed by atoms with van der Waals surface area (Å²) < 4.78 is 2.58. The molecule has 1 aromatic carbocycles. The zero-order chi connectivity index (χ0) is 14.7. The van der Waals surface area contributed by atoms with E-state index in [1.807, 2.05) is 19.4 Å². The molecule has 7 heteroatoms. The molecular weight excluding hydrogens is 362 g/mol. The minimum atomic E-state index is -0.195. The van der Waals surface area contributed by atoms with E-state index < -0.39 is 0 Å². The normalized spacial score (nSPS) is 10.6. The van der Waals surface area contributed by atoms with Gasteiger partial charge in [0.15, 0.2) is 0 Å². The third kappa shape index (κ3) is 3.37. The summed E-state index contributed by atoms with van der Waals surface area (Å²) in [5.41, 5.74) is 1.38. The minimum Gasteiger partial charge on any atom is -0.346 e. The van der Waals surface area contributed by atoms with Crippen LogP contribution in [0, 0.1) is 0 Å². The summed E-state index contributed by atoms with van der Waals surface area (Å²) in [6.07, 6.45) is 3.65. The molecule has 4 nitrogen and oxygen atoms in total. The van der Waals surface area contributed by atoms with Gasteiger partial charge in [0.2, 0.25) is 0 Å². The Labute approximate surface area is 135 Å². The first kappa shape index (κ1) is 15.4. The zero-order valence-electron chi connectivity index (χ0n) is 11.0. The van der Waals surface area contributed by atoms with Crippen LogP contribution in [0.4, 0.5) is 0 Å². The second kappa shape index (κ2) is 6.65. The zero-order valence-corrected chi connectivity index (χ0v) is 14.1. The number of aromatic nitrogens is 2. The Hall–Kier alpha value is -0.980. The molecule has 2 aromatic rings. The van der Waals surface area contributed by atoms with Gasteiger partial charge in [-0.05, 0) is 40.4 Å². The number of halogens is 2. The number of hydrogen-bond donors (Lipinski definition) is 1. The van der Waals surface area contributed by atoms with Gasteiger partial charge >= 0.3 is 0 Å². The van der Waals surface area contributed by atoms with Gasteiger partial charge in [-0.3, -0.25) is 9.48 Å². The van der Waals surface area contributed by atoms with Gasteiger partial charge in [0.25, 0.3) is 5.91 Å². The van der Waals surface area contributed by atoms with Crippen LogP contribution in [-0.2, 0) is 13.6 Å². The van der Waals surface area contributed by atoms with Crippen LogP contribution in [0.3, 0.4) is 0 Å². The fourth-order valence-corrected chi connectivity index (χ4v) is 2.83. The summed E-state index contributed by atoms with van der Waals surface area (Å²) in [6, 6.07) is 5.42. The topological polar surface area (TPSA) is 46.9 Å². The Morgan fingerprint density at radius 1 is 1.55 bits per heavy atom. The summed E-state index contributed by atoms with van der Waals surface area (Å²) in [7, 11) is 1.83. The Bertz CT molecular complexity index is 625. The van der Waals surface area contributed by atoms with Gasteiger partial charge in [0.1, 0.15) is 0 Å². The lowest BCUT2D eigenvalue weighted by Crippen LogP contribution is -2.24. The van der Waals surface area contributed by atoms with Crippen LogP contribution < -0.4 is 5.32 Å². The number of carbonyl (C=O) groups is 1. The molecule has 0 aliphatic rings. The standard InChI is InChI=1S/C13H13BrClN3OS/c1-18-12(10(14)6-17-18)7-16-13(19)9-5-8(20-2)3-4-11(9)15/h3-6H,7H2,1-2H3,(H,16,19). The van der Waals surface area contributed by atoms with Gasteiger partial charge in [0.05, 0.1) is 33.5 Å². The predicted octanol–water partition coefficient (Wildman–Crippen LogP) is 3.49. The number of aryl methyl sites for hydroxylation is 1. The van der Waals surface area contributed by atoms with E-state index in [2.05, 4.69) is 26.3 Å². The van der Waals surface area contributed by atoms with Crippen LogP contribution in [-0.4, -0.2) is 21.9 Å². The van der Waals surface area contributed by atoms with Crippen LogP contribution in [0.1, 0.15) is 16.1 Å². The molecule has 0 aliphatic carbocycles. The number of nitrogens with zero attached hydrogens (tertiary/aromatic N) is 2. The highest BCUT2D eigenvalue weighted by Crippen LogP contribution is 2.23. The third-order valence-electron chi connectivity index (χ3n) is 2.85. The molecule has 0 unspecified atom stereocenters. The summed E-state index contributed by atoms with van der Waals surface area (Å²) in [4.78, 5) is 13.2. The van der Waals surface area contributed by atoms with Crippen molar-refractivity contribution in [3.8, 4) is 0 Å². The maximum Gasteiger partial charge on any atom is 0.253 e. The summed E-state index contributed by atoms with van der Waals surface area (Å²) in [5, 5.41) is 7.40. The van der Waals surface area contributed by atoms with Crippen molar-refractivity contribution in [1.82, 2.24) is 15.1 Å². The largest absolute Gasteiger partial charge is 0.346 e. The second-order valence-corrected chi connectivity index (χ2v) is 6.23. The Morgan fingerprint density at radius 3 is 2.90 bits per heavy atom. The summed E-state index contributed by atoms with van der Waals surface area (Å²) >= 11 is 11.0. The molecule has 0 spiro atoms. The molecule has 2 rings (SSSR count). The molecule has 0 saturated carbocycles. The highest BCUT2D eigenvalue weighted by molar-refractivity contribution is 9.10. The predicted molar refractivity (Wildman–Crippen MR) is 85.3 cm³/mol. The lowest BCUT2D eigenvalue weighted by atomic mass is 10.2.